The van der Waals surface area contributed by atoms with Crippen molar-refractivity contribution in [2.75, 3.05) is 0 Å². The molecule has 1 rings (SSSR count). The molecule has 1 aliphatic carbocycles. The summed E-state index contributed by atoms with van der Waals surface area (Å²) in [6.07, 6.45) is 3.21. The quantitative estimate of drug-likeness (QED) is 0.797. The number of hydrogen-bond acceptors (Lipinski definition) is 2. The molecular formula is C13H22N2O. The van der Waals surface area contributed by atoms with Crippen molar-refractivity contribution in [3.63, 3.8) is 0 Å². The zero-order valence-corrected chi connectivity index (χ0v) is 10.7. The van der Waals surface area contributed by atoms with Crippen LogP contribution >= 0.6 is 0 Å². The Kier molecular flexibility index (Phi) is 3.96. The van der Waals surface area contributed by atoms with Gasteiger partial charge < -0.3 is 5.32 Å². The maximum absolute atomic E-state index is 11.8. The molecule has 0 radical (unpaired) electrons. The average molecular weight is 222 g/mol. The normalized spacial score (nSPS) is 25.1. The van der Waals surface area contributed by atoms with Crippen LogP contribution in [0, 0.1) is 28.6 Å². The summed E-state index contributed by atoms with van der Waals surface area (Å²) in [5, 5.41) is 11.9. The van der Waals surface area contributed by atoms with E-state index in [4.69, 9.17) is 5.26 Å². The third kappa shape index (κ3) is 3.23. The van der Waals surface area contributed by atoms with Crippen molar-refractivity contribution < 1.29 is 4.79 Å². The highest BCUT2D eigenvalue weighted by Crippen LogP contribution is 2.37. The molecule has 1 fully saturated rings. The first-order chi connectivity index (χ1) is 7.35. The number of nitrogens with zero attached hydrogens (tertiary/aromatic N) is 1. The van der Waals surface area contributed by atoms with Crippen LogP contribution in [-0.4, -0.2) is 11.9 Å². The predicted molar refractivity (Wildman–Crippen MR) is 63.5 cm³/mol. The molecule has 0 bridgehead atoms. The molecule has 0 aromatic carbocycles. The van der Waals surface area contributed by atoms with Crippen molar-refractivity contribution in [1.82, 2.24) is 5.32 Å². The van der Waals surface area contributed by atoms with Gasteiger partial charge in [0, 0.05) is 6.04 Å². The number of hydrogen-bond donors (Lipinski definition) is 1. The van der Waals surface area contributed by atoms with Gasteiger partial charge in [-0.25, -0.2) is 0 Å². The fourth-order valence-electron chi connectivity index (χ4n) is 2.36. The number of carbonyl (C=O) groups excluding carboxylic acids is 1. The number of rotatable bonds is 3. The van der Waals surface area contributed by atoms with Gasteiger partial charge in [0.25, 0.3) is 0 Å². The lowest BCUT2D eigenvalue weighted by Gasteiger charge is -2.20. The number of amides is 1. The number of nitrogens with one attached hydrogen (secondary N) is 1. The Morgan fingerprint density at radius 2 is 2.12 bits per heavy atom. The first-order valence-electron chi connectivity index (χ1n) is 6.06. The van der Waals surface area contributed by atoms with Crippen LogP contribution in [0.3, 0.4) is 0 Å². The molecule has 1 saturated carbocycles. The second-order valence-electron chi connectivity index (χ2n) is 5.96. The minimum atomic E-state index is -0.510. The highest BCUT2D eigenvalue weighted by Gasteiger charge is 2.33. The molecule has 0 heterocycles. The van der Waals surface area contributed by atoms with E-state index in [9.17, 15) is 4.79 Å². The Bertz CT molecular complexity index is 302. The summed E-state index contributed by atoms with van der Waals surface area (Å²) in [5.41, 5.74) is 0.331. The van der Waals surface area contributed by atoms with E-state index in [2.05, 4.69) is 25.2 Å². The van der Waals surface area contributed by atoms with Crippen molar-refractivity contribution in [2.45, 2.75) is 53.0 Å². The highest BCUT2D eigenvalue weighted by molar-refractivity contribution is 5.81. The van der Waals surface area contributed by atoms with Crippen molar-refractivity contribution in [3.05, 3.63) is 0 Å². The summed E-state index contributed by atoms with van der Waals surface area (Å²) < 4.78 is 0. The Morgan fingerprint density at radius 1 is 1.50 bits per heavy atom. The average Bonchev–Trinajstić information content (AvgIpc) is 2.45. The zero-order valence-electron chi connectivity index (χ0n) is 10.7. The van der Waals surface area contributed by atoms with Gasteiger partial charge in [0.2, 0.25) is 5.91 Å². The maximum atomic E-state index is 11.8. The fourth-order valence-corrected chi connectivity index (χ4v) is 2.36. The minimum Gasteiger partial charge on any atom is -0.352 e. The molecule has 16 heavy (non-hydrogen) atoms. The SMILES string of the molecule is CC(C)C(C#N)C(=O)NC1CCC(C)(C)C1. The van der Waals surface area contributed by atoms with Gasteiger partial charge in [-0.1, -0.05) is 27.7 Å². The van der Waals surface area contributed by atoms with Crippen molar-refractivity contribution in [2.24, 2.45) is 17.3 Å². The van der Waals surface area contributed by atoms with Crippen LogP contribution in [0.2, 0.25) is 0 Å². The Labute approximate surface area is 98.2 Å². The summed E-state index contributed by atoms with van der Waals surface area (Å²) >= 11 is 0. The molecule has 3 heteroatoms. The third-order valence-corrected chi connectivity index (χ3v) is 3.40. The minimum absolute atomic E-state index is 0.0828. The smallest absolute Gasteiger partial charge is 0.237 e. The van der Waals surface area contributed by atoms with E-state index in [0.717, 1.165) is 19.3 Å². The van der Waals surface area contributed by atoms with Crippen LogP contribution in [-0.2, 0) is 4.79 Å². The first-order valence-corrected chi connectivity index (χ1v) is 6.06. The van der Waals surface area contributed by atoms with Gasteiger partial charge in [-0.3, -0.25) is 4.79 Å². The lowest BCUT2D eigenvalue weighted by molar-refractivity contribution is -0.125. The van der Waals surface area contributed by atoms with Gasteiger partial charge in [-0.05, 0) is 30.6 Å². The second-order valence-corrected chi connectivity index (χ2v) is 5.96. The van der Waals surface area contributed by atoms with Gasteiger partial charge >= 0.3 is 0 Å². The molecule has 0 aliphatic heterocycles. The van der Waals surface area contributed by atoms with Crippen LogP contribution in [0.4, 0.5) is 0 Å². The molecule has 1 N–H and O–H groups in total. The van der Waals surface area contributed by atoms with E-state index in [1.54, 1.807) is 0 Å². The van der Waals surface area contributed by atoms with Crippen LogP contribution in [0.15, 0.2) is 0 Å². The summed E-state index contributed by atoms with van der Waals surface area (Å²) in [5.74, 6) is -0.525. The van der Waals surface area contributed by atoms with Crippen LogP contribution in [0.5, 0.6) is 0 Å². The standard InChI is InChI=1S/C13H22N2O/c1-9(2)11(8-14)12(16)15-10-5-6-13(3,4)7-10/h9-11H,5-7H2,1-4H3,(H,15,16). The van der Waals surface area contributed by atoms with Gasteiger partial charge in [0.05, 0.1) is 6.07 Å². The molecule has 2 atom stereocenters. The molecule has 90 valence electrons. The van der Waals surface area contributed by atoms with Gasteiger partial charge in [-0.15, -0.1) is 0 Å². The molecule has 3 nitrogen and oxygen atoms in total. The molecule has 1 amide bonds. The summed E-state index contributed by atoms with van der Waals surface area (Å²) in [6, 6.07) is 2.35. The molecule has 0 saturated heterocycles. The van der Waals surface area contributed by atoms with Crippen molar-refractivity contribution >= 4 is 5.91 Å². The maximum Gasteiger partial charge on any atom is 0.237 e. The van der Waals surface area contributed by atoms with Crippen LogP contribution in [0.1, 0.15) is 47.0 Å². The topological polar surface area (TPSA) is 52.9 Å². The Hall–Kier alpha value is -1.04. The van der Waals surface area contributed by atoms with E-state index >= 15 is 0 Å². The largest absolute Gasteiger partial charge is 0.352 e. The van der Waals surface area contributed by atoms with Crippen molar-refractivity contribution in [1.29, 1.82) is 5.26 Å². The van der Waals surface area contributed by atoms with Crippen LogP contribution < -0.4 is 5.32 Å². The van der Waals surface area contributed by atoms with E-state index in [0.29, 0.717) is 5.41 Å². The molecule has 1 aliphatic rings. The summed E-state index contributed by atoms with van der Waals surface area (Å²) in [4.78, 5) is 11.8. The highest BCUT2D eigenvalue weighted by atomic mass is 16.1. The predicted octanol–water partition coefficient (Wildman–Crippen LogP) is 2.48. The summed E-state index contributed by atoms with van der Waals surface area (Å²) in [7, 11) is 0. The Morgan fingerprint density at radius 3 is 2.50 bits per heavy atom. The lowest BCUT2D eigenvalue weighted by atomic mass is 9.91. The summed E-state index contributed by atoms with van der Waals surface area (Å²) in [6.45, 7) is 8.27. The van der Waals surface area contributed by atoms with Crippen molar-refractivity contribution in [3.8, 4) is 6.07 Å². The fraction of sp³-hybridized carbons (Fsp3) is 0.846. The van der Waals surface area contributed by atoms with E-state index < -0.39 is 5.92 Å². The second kappa shape index (κ2) is 4.86. The number of nitriles is 1. The molecule has 0 aromatic heterocycles. The van der Waals surface area contributed by atoms with Gasteiger partial charge in [-0.2, -0.15) is 5.26 Å². The molecule has 0 spiro atoms. The first kappa shape index (κ1) is 13.0. The number of carbonyl (C=O) groups is 1. The molecule has 2 unspecified atom stereocenters. The molecular weight excluding hydrogens is 200 g/mol. The van der Waals surface area contributed by atoms with E-state index in [1.165, 1.54) is 0 Å². The Balaban J connectivity index is 2.50. The lowest BCUT2D eigenvalue weighted by Crippen LogP contribution is -2.39. The van der Waals surface area contributed by atoms with Gasteiger partial charge in [0.15, 0.2) is 0 Å². The molecule has 0 aromatic rings. The van der Waals surface area contributed by atoms with E-state index in [1.807, 2.05) is 13.8 Å². The zero-order chi connectivity index (χ0) is 12.3. The third-order valence-electron chi connectivity index (χ3n) is 3.40. The monoisotopic (exact) mass is 222 g/mol. The van der Waals surface area contributed by atoms with Crippen LogP contribution in [0.25, 0.3) is 0 Å². The van der Waals surface area contributed by atoms with Gasteiger partial charge in [0.1, 0.15) is 5.92 Å². The van der Waals surface area contributed by atoms with E-state index in [-0.39, 0.29) is 17.9 Å².